The summed E-state index contributed by atoms with van der Waals surface area (Å²) in [6, 6.07) is 4.54. The quantitative estimate of drug-likeness (QED) is 0.922. The second kappa shape index (κ2) is 5.55. The molecule has 0 saturated carbocycles. The van der Waals surface area contributed by atoms with Gasteiger partial charge in [0, 0.05) is 18.6 Å². The van der Waals surface area contributed by atoms with Crippen molar-refractivity contribution in [2.75, 3.05) is 0 Å². The van der Waals surface area contributed by atoms with E-state index in [4.69, 9.17) is 0 Å². The maximum Gasteiger partial charge on any atom is 0.333 e. The van der Waals surface area contributed by atoms with Crippen LogP contribution in [0.25, 0.3) is 0 Å². The Hall–Kier alpha value is -2.31. The normalized spacial score (nSPS) is 12.4. The van der Waals surface area contributed by atoms with Crippen LogP contribution in [0.15, 0.2) is 36.8 Å². The van der Waals surface area contributed by atoms with Gasteiger partial charge in [0.05, 0.1) is 6.04 Å². The van der Waals surface area contributed by atoms with Crippen LogP contribution in [0.4, 0.5) is 8.78 Å². The molecule has 5 nitrogen and oxygen atoms in total. The van der Waals surface area contributed by atoms with Crippen LogP contribution in [-0.4, -0.2) is 20.7 Å². The minimum Gasteiger partial charge on any atom is -0.344 e. The SMILES string of the molecule is C[C@@H](NC(=O)c1ccn(C(F)F)n1)c1cccnc1. The highest BCUT2D eigenvalue weighted by Gasteiger charge is 2.15. The van der Waals surface area contributed by atoms with Crippen molar-refractivity contribution in [3.63, 3.8) is 0 Å². The van der Waals surface area contributed by atoms with Crippen molar-refractivity contribution in [3.8, 4) is 0 Å². The molecule has 0 saturated heterocycles. The Morgan fingerprint density at radius 1 is 1.42 bits per heavy atom. The molecule has 0 aliphatic heterocycles. The van der Waals surface area contributed by atoms with Gasteiger partial charge in [0.15, 0.2) is 0 Å². The summed E-state index contributed by atoms with van der Waals surface area (Å²) >= 11 is 0. The predicted octanol–water partition coefficient (Wildman–Crippen LogP) is 2.16. The Morgan fingerprint density at radius 2 is 2.21 bits per heavy atom. The van der Waals surface area contributed by atoms with Gasteiger partial charge < -0.3 is 5.32 Å². The first-order valence-corrected chi connectivity index (χ1v) is 5.62. The summed E-state index contributed by atoms with van der Waals surface area (Å²) in [5, 5.41) is 6.16. The molecule has 0 bridgehead atoms. The van der Waals surface area contributed by atoms with E-state index in [1.807, 2.05) is 6.07 Å². The zero-order chi connectivity index (χ0) is 13.8. The second-order valence-corrected chi connectivity index (χ2v) is 3.94. The van der Waals surface area contributed by atoms with E-state index in [9.17, 15) is 13.6 Å². The van der Waals surface area contributed by atoms with Crippen molar-refractivity contribution in [2.45, 2.75) is 19.5 Å². The Labute approximate surface area is 108 Å². The second-order valence-electron chi connectivity index (χ2n) is 3.94. The Balaban J connectivity index is 2.04. The molecule has 2 aromatic rings. The smallest absolute Gasteiger partial charge is 0.333 e. The average Bonchev–Trinajstić information content (AvgIpc) is 2.89. The number of amides is 1. The van der Waals surface area contributed by atoms with E-state index < -0.39 is 12.5 Å². The lowest BCUT2D eigenvalue weighted by atomic mass is 10.1. The average molecular weight is 266 g/mol. The van der Waals surface area contributed by atoms with Crippen molar-refractivity contribution in [1.29, 1.82) is 0 Å². The summed E-state index contributed by atoms with van der Waals surface area (Å²) in [6.45, 7) is -0.976. The molecular formula is C12H12F2N4O. The monoisotopic (exact) mass is 266 g/mol. The highest BCUT2D eigenvalue weighted by atomic mass is 19.3. The molecule has 1 N–H and O–H groups in total. The number of alkyl halides is 2. The molecule has 0 aliphatic carbocycles. The maximum absolute atomic E-state index is 12.3. The van der Waals surface area contributed by atoms with Gasteiger partial charge in [0.25, 0.3) is 5.91 Å². The van der Waals surface area contributed by atoms with Gasteiger partial charge in [-0.1, -0.05) is 6.07 Å². The molecule has 0 spiro atoms. The summed E-state index contributed by atoms with van der Waals surface area (Å²) in [7, 11) is 0. The molecule has 19 heavy (non-hydrogen) atoms. The third kappa shape index (κ3) is 3.12. The number of carbonyl (C=O) groups is 1. The van der Waals surface area contributed by atoms with Crippen molar-refractivity contribution < 1.29 is 13.6 Å². The molecule has 0 radical (unpaired) electrons. The van der Waals surface area contributed by atoms with Crippen LogP contribution in [0.5, 0.6) is 0 Å². The van der Waals surface area contributed by atoms with Gasteiger partial charge in [-0.2, -0.15) is 13.9 Å². The summed E-state index contributed by atoms with van der Waals surface area (Å²) in [5.74, 6) is -0.504. The summed E-state index contributed by atoms with van der Waals surface area (Å²) in [4.78, 5) is 15.8. The number of aromatic nitrogens is 3. The van der Waals surface area contributed by atoms with Gasteiger partial charge >= 0.3 is 6.55 Å². The van der Waals surface area contributed by atoms with Gasteiger partial charge in [0.2, 0.25) is 0 Å². The molecule has 2 rings (SSSR count). The minimum absolute atomic E-state index is 0.0453. The summed E-state index contributed by atoms with van der Waals surface area (Å²) < 4.78 is 25.1. The van der Waals surface area contributed by atoms with Crippen molar-refractivity contribution >= 4 is 5.91 Å². The third-order valence-electron chi connectivity index (χ3n) is 2.57. The first-order chi connectivity index (χ1) is 9.08. The van der Waals surface area contributed by atoms with E-state index in [1.54, 1.807) is 25.4 Å². The van der Waals surface area contributed by atoms with Crippen LogP contribution in [0.3, 0.4) is 0 Å². The Bertz CT molecular complexity index is 556. The molecule has 0 fully saturated rings. The number of rotatable bonds is 4. The lowest BCUT2D eigenvalue weighted by Crippen LogP contribution is -2.27. The minimum atomic E-state index is -2.75. The fourth-order valence-corrected chi connectivity index (χ4v) is 1.55. The van der Waals surface area contributed by atoms with Gasteiger partial charge in [-0.25, -0.2) is 4.68 Å². The van der Waals surface area contributed by atoms with E-state index in [0.29, 0.717) is 4.68 Å². The Morgan fingerprint density at radius 3 is 2.79 bits per heavy atom. The number of nitrogens with one attached hydrogen (secondary N) is 1. The van der Waals surface area contributed by atoms with Crippen LogP contribution in [0.2, 0.25) is 0 Å². The van der Waals surface area contributed by atoms with Gasteiger partial charge in [0.1, 0.15) is 5.69 Å². The van der Waals surface area contributed by atoms with E-state index in [1.165, 1.54) is 6.07 Å². The summed E-state index contributed by atoms with van der Waals surface area (Å²) in [6.07, 6.45) is 4.32. The molecule has 0 aromatic carbocycles. The van der Waals surface area contributed by atoms with Gasteiger partial charge in [-0.05, 0) is 24.6 Å². The van der Waals surface area contributed by atoms with E-state index in [-0.39, 0.29) is 11.7 Å². The molecule has 1 atom stereocenters. The van der Waals surface area contributed by atoms with Crippen LogP contribution in [-0.2, 0) is 0 Å². The van der Waals surface area contributed by atoms with Gasteiger partial charge in [-0.15, -0.1) is 0 Å². The highest BCUT2D eigenvalue weighted by molar-refractivity contribution is 5.92. The largest absolute Gasteiger partial charge is 0.344 e. The fraction of sp³-hybridized carbons (Fsp3) is 0.250. The number of hydrogen-bond donors (Lipinski definition) is 1. The van der Waals surface area contributed by atoms with Crippen LogP contribution >= 0.6 is 0 Å². The molecule has 2 aromatic heterocycles. The maximum atomic E-state index is 12.3. The fourth-order valence-electron chi connectivity index (χ4n) is 1.55. The van der Waals surface area contributed by atoms with Crippen molar-refractivity contribution in [2.24, 2.45) is 0 Å². The van der Waals surface area contributed by atoms with E-state index >= 15 is 0 Å². The van der Waals surface area contributed by atoms with Gasteiger partial charge in [-0.3, -0.25) is 9.78 Å². The zero-order valence-corrected chi connectivity index (χ0v) is 10.1. The number of pyridine rings is 1. The standard InChI is InChI=1S/C12H12F2N4O/c1-8(9-3-2-5-15-7-9)16-11(19)10-4-6-18(17-10)12(13)14/h2-8,12H,1H3,(H,16,19)/t8-/m1/s1. The number of hydrogen-bond acceptors (Lipinski definition) is 3. The molecular weight excluding hydrogens is 254 g/mol. The zero-order valence-electron chi connectivity index (χ0n) is 10.1. The van der Waals surface area contributed by atoms with Crippen LogP contribution < -0.4 is 5.32 Å². The Kier molecular flexibility index (Phi) is 3.84. The number of halogens is 2. The number of nitrogens with zero attached hydrogens (tertiary/aromatic N) is 3. The van der Waals surface area contributed by atoms with E-state index in [0.717, 1.165) is 11.8 Å². The summed E-state index contributed by atoms with van der Waals surface area (Å²) in [5.41, 5.74) is 0.778. The molecule has 7 heteroatoms. The van der Waals surface area contributed by atoms with Crippen LogP contribution in [0, 0.1) is 0 Å². The molecule has 0 unspecified atom stereocenters. The van der Waals surface area contributed by atoms with E-state index in [2.05, 4.69) is 15.4 Å². The molecule has 100 valence electrons. The molecule has 0 aliphatic rings. The lowest BCUT2D eigenvalue weighted by molar-refractivity contribution is 0.0559. The predicted molar refractivity (Wildman–Crippen MR) is 63.6 cm³/mol. The van der Waals surface area contributed by atoms with Crippen molar-refractivity contribution in [3.05, 3.63) is 48.0 Å². The van der Waals surface area contributed by atoms with Crippen molar-refractivity contribution in [1.82, 2.24) is 20.1 Å². The number of carbonyl (C=O) groups excluding carboxylic acids is 1. The molecule has 2 heterocycles. The molecule has 1 amide bonds. The first-order valence-electron chi connectivity index (χ1n) is 5.62. The third-order valence-corrected chi connectivity index (χ3v) is 2.57. The highest BCUT2D eigenvalue weighted by Crippen LogP contribution is 2.12. The topological polar surface area (TPSA) is 59.8 Å². The van der Waals surface area contributed by atoms with Crippen LogP contribution in [0.1, 0.15) is 35.6 Å². The first kappa shape index (κ1) is 13.1. The lowest BCUT2D eigenvalue weighted by Gasteiger charge is -2.12.